The van der Waals surface area contributed by atoms with Crippen molar-refractivity contribution < 1.29 is 14.7 Å². The Labute approximate surface area is 120 Å². The number of ketones is 1. The van der Waals surface area contributed by atoms with Gasteiger partial charge in [0.1, 0.15) is 0 Å². The van der Waals surface area contributed by atoms with Crippen molar-refractivity contribution in [3.05, 3.63) is 35.9 Å². The van der Waals surface area contributed by atoms with Gasteiger partial charge in [0.05, 0.1) is 5.41 Å². The minimum absolute atomic E-state index is 0.0454. The highest BCUT2D eigenvalue weighted by Gasteiger charge is 2.49. The lowest BCUT2D eigenvalue weighted by Crippen LogP contribution is -2.37. The topological polar surface area (TPSA) is 54.4 Å². The van der Waals surface area contributed by atoms with E-state index >= 15 is 0 Å². The Morgan fingerprint density at radius 1 is 1.30 bits per heavy atom. The standard InChI is InChI=1S/C17H22O3/c1-2-7-14-10-6-11-17(14,16(19)20)12-15(18)13-8-4-3-5-9-13/h3-5,8-9,14H,2,6-7,10-12H2,1H3,(H,19,20)/t14-,17-/m0/s1. The van der Waals surface area contributed by atoms with Gasteiger partial charge < -0.3 is 5.11 Å². The Morgan fingerprint density at radius 2 is 2.00 bits per heavy atom. The molecule has 0 unspecified atom stereocenters. The molecule has 0 heterocycles. The third kappa shape index (κ3) is 2.77. The van der Waals surface area contributed by atoms with Crippen LogP contribution in [0.1, 0.15) is 55.8 Å². The molecule has 0 saturated heterocycles. The Bertz CT molecular complexity index is 480. The summed E-state index contributed by atoms with van der Waals surface area (Å²) in [6.45, 7) is 2.07. The average molecular weight is 274 g/mol. The molecule has 0 bridgehead atoms. The molecule has 0 aliphatic heterocycles. The fourth-order valence-corrected chi connectivity index (χ4v) is 3.52. The van der Waals surface area contributed by atoms with Crippen LogP contribution in [-0.4, -0.2) is 16.9 Å². The number of carbonyl (C=O) groups excluding carboxylic acids is 1. The lowest BCUT2D eigenvalue weighted by atomic mass is 9.71. The highest BCUT2D eigenvalue weighted by atomic mass is 16.4. The van der Waals surface area contributed by atoms with Crippen LogP contribution in [0.25, 0.3) is 0 Å². The van der Waals surface area contributed by atoms with E-state index in [0.29, 0.717) is 12.0 Å². The molecule has 0 amide bonds. The zero-order chi connectivity index (χ0) is 14.6. The van der Waals surface area contributed by atoms with Gasteiger partial charge >= 0.3 is 5.97 Å². The van der Waals surface area contributed by atoms with Gasteiger partial charge in [-0.15, -0.1) is 0 Å². The summed E-state index contributed by atoms with van der Waals surface area (Å²) < 4.78 is 0. The van der Waals surface area contributed by atoms with E-state index in [1.165, 1.54) is 0 Å². The third-order valence-corrected chi connectivity index (χ3v) is 4.59. The smallest absolute Gasteiger partial charge is 0.310 e. The van der Waals surface area contributed by atoms with E-state index < -0.39 is 11.4 Å². The number of rotatable bonds is 6. The number of benzene rings is 1. The van der Waals surface area contributed by atoms with Gasteiger partial charge in [0.2, 0.25) is 0 Å². The van der Waals surface area contributed by atoms with Crippen LogP contribution >= 0.6 is 0 Å². The molecule has 0 aromatic heterocycles. The Morgan fingerprint density at radius 3 is 2.60 bits per heavy atom. The Balaban J connectivity index is 2.22. The highest BCUT2D eigenvalue weighted by molar-refractivity contribution is 5.99. The van der Waals surface area contributed by atoms with Crippen molar-refractivity contribution in [1.82, 2.24) is 0 Å². The third-order valence-electron chi connectivity index (χ3n) is 4.59. The van der Waals surface area contributed by atoms with Crippen molar-refractivity contribution in [3.63, 3.8) is 0 Å². The molecule has 0 radical (unpaired) electrons. The molecule has 3 nitrogen and oxygen atoms in total. The van der Waals surface area contributed by atoms with Crippen molar-refractivity contribution in [3.8, 4) is 0 Å². The Hall–Kier alpha value is -1.64. The van der Waals surface area contributed by atoms with Gasteiger partial charge in [0, 0.05) is 12.0 Å². The SMILES string of the molecule is CCC[C@H]1CCC[C@@]1(CC(=O)c1ccccc1)C(=O)O. The van der Waals surface area contributed by atoms with Crippen LogP contribution in [0.3, 0.4) is 0 Å². The molecule has 1 saturated carbocycles. The fourth-order valence-electron chi connectivity index (χ4n) is 3.52. The maximum absolute atomic E-state index is 12.4. The van der Waals surface area contributed by atoms with Crippen LogP contribution in [0.15, 0.2) is 30.3 Å². The lowest BCUT2D eigenvalue weighted by Gasteiger charge is -2.30. The van der Waals surface area contributed by atoms with Gasteiger partial charge in [-0.3, -0.25) is 9.59 Å². The minimum Gasteiger partial charge on any atom is -0.481 e. The van der Waals surface area contributed by atoms with Crippen molar-refractivity contribution in [2.45, 2.75) is 45.4 Å². The molecule has 1 aliphatic carbocycles. The molecule has 20 heavy (non-hydrogen) atoms. The molecule has 0 spiro atoms. The first kappa shape index (κ1) is 14.8. The quantitative estimate of drug-likeness (QED) is 0.800. The number of hydrogen-bond acceptors (Lipinski definition) is 2. The predicted molar refractivity (Wildman–Crippen MR) is 77.7 cm³/mol. The zero-order valence-corrected chi connectivity index (χ0v) is 12.0. The molecular formula is C17H22O3. The van der Waals surface area contributed by atoms with Gasteiger partial charge in [0.15, 0.2) is 5.78 Å². The molecule has 1 aromatic rings. The number of carboxylic acid groups (broad SMARTS) is 1. The highest BCUT2D eigenvalue weighted by Crippen LogP contribution is 2.49. The van der Waals surface area contributed by atoms with E-state index in [9.17, 15) is 14.7 Å². The van der Waals surface area contributed by atoms with E-state index in [-0.39, 0.29) is 18.1 Å². The Kier molecular flexibility index (Phi) is 4.58. The van der Waals surface area contributed by atoms with Crippen molar-refractivity contribution in [1.29, 1.82) is 0 Å². The van der Waals surface area contributed by atoms with E-state index in [1.807, 2.05) is 18.2 Å². The molecule has 1 N–H and O–H groups in total. The summed E-state index contributed by atoms with van der Waals surface area (Å²) in [4.78, 5) is 24.2. The van der Waals surface area contributed by atoms with Gasteiger partial charge in [-0.05, 0) is 25.2 Å². The number of carbonyl (C=O) groups is 2. The van der Waals surface area contributed by atoms with Crippen molar-refractivity contribution in [2.24, 2.45) is 11.3 Å². The van der Waals surface area contributed by atoms with Gasteiger partial charge in [-0.25, -0.2) is 0 Å². The largest absolute Gasteiger partial charge is 0.481 e. The molecule has 3 heteroatoms. The minimum atomic E-state index is -0.844. The first-order chi connectivity index (χ1) is 9.60. The maximum Gasteiger partial charge on any atom is 0.310 e. The van der Waals surface area contributed by atoms with Crippen LogP contribution in [-0.2, 0) is 4.79 Å². The molecule has 1 aromatic carbocycles. The van der Waals surface area contributed by atoms with Crippen LogP contribution in [0.4, 0.5) is 0 Å². The lowest BCUT2D eigenvalue weighted by molar-refractivity contribution is -0.151. The summed E-state index contributed by atoms with van der Waals surface area (Å²) in [5.74, 6) is -0.702. The zero-order valence-electron chi connectivity index (χ0n) is 12.0. The second-order valence-electron chi connectivity index (χ2n) is 5.81. The summed E-state index contributed by atoms with van der Waals surface area (Å²) in [5.41, 5.74) is -0.224. The number of Topliss-reactive ketones (excluding diaryl/α,β-unsaturated/α-hetero) is 1. The van der Waals surface area contributed by atoms with E-state index in [4.69, 9.17) is 0 Å². The van der Waals surface area contributed by atoms with E-state index in [0.717, 1.165) is 25.7 Å². The average Bonchev–Trinajstić information content (AvgIpc) is 2.84. The number of carboxylic acids is 1. The monoisotopic (exact) mass is 274 g/mol. The normalized spacial score (nSPS) is 25.6. The first-order valence-electron chi connectivity index (χ1n) is 7.42. The molecule has 108 valence electrons. The second-order valence-corrected chi connectivity index (χ2v) is 5.81. The van der Waals surface area contributed by atoms with Crippen molar-refractivity contribution in [2.75, 3.05) is 0 Å². The molecular weight excluding hydrogens is 252 g/mol. The summed E-state index contributed by atoms with van der Waals surface area (Å²) >= 11 is 0. The molecule has 2 atom stereocenters. The van der Waals surface area contributed by atoms with Crippen LogP contribution in [0.5, 0.6) is 0 Å². The van der Waals surface area contributed by atoms with Gasteiger partial charge in [-0.1, -0.05) is 50.1 Å². The first-order valence-corrected chi connectivity index (χ1v) is 7.42. The molecule has 1 fully saturated rings. The summed E-state index contributed by atoms with van der Waals surface area (Å²) in [7, 11) is 0. The predicted octanol–water partition coefficient (Wildman–Crippen LogP) is 3.93. The molecule has 2 rings (SSSR count). The van der Waals surface area contributed by atoms with Gasteiger partial charge in [0.25, 0.3) is 0 Å². The van der Waals surface area contributed by atoms with Crippen LogP contribution in [0, 0.1) is 11.3 Å². The number of hydrogen-bond donors (Lipinski definition) is 1. The van der Waals surface area contributed by atoms with Gasteiger partial charge in [-0.2, -0.15) is 0 Å². The fraction of sp³-hybridized carbons (Fsp3) is 0.529. The molecule has 1 aliphatic rings. The second kappa shape index (κ2) is 6.21. The summed E-state index contributed by atoms with van der Waals surface area (Å²) in [6.07, 6.45) is 4.48. The van der Waals surface area contributed by atoms with E-state index in [2.05, 4.69) is 6.92 Å². The number of aliphatic carboxylic acids is 1. The van der Waals surface area contributed by atoms with Crippen LogP contribution in [0.2, 0.25) is 0 Å². The summed E-state index contributed by atoms with van der Waals surface area (Å²) in [5, 5.41) is 9.70. The van der Waals surface area contributed by atoms with Crippen molar-refractivity contribution >= 4 is 11.8 Å². The van der Waals surface area contributed by atoms with Crippen LogP contribution < -0.4 is 0 Å². The summed E-state index contributed by atoms with van der Waals surface area (Å²) in [6, 6.07) is 9.03. The van der Waals surface area contributed by atoms with E-state index in [1.54, 1.807) is 12.1 Å². The maximum atomic E-state index is 12.4.